The van der Waals surface area contributed by atoms with E-state index in [1.54, 1.807) is 23.2 Å². The Balaban J connectivity index is 1.47. The van der Waals surface area contributed by atoms with Gasteiger partial charge in [0.15, 0.2) is 0 Å². The molecule has 0 saturated carbocycles. The van der Waals surface area contributed by atoms with E-state index in [4.69, 9.17) is 14.6 Å². The Morgan fingerprint density at radius 1 is 1.26 bits per heavy atom. The van der Waals surface area contributed by atoms with Crippen LogP contribution in [0.5, 0.6) is 5.75 Å². The molecule has 1 amide bonds. The fraction of sp³-hybridized carbons (Fsp3) is 0.500. The van der Waals surface area contributed by atoms with Crippen molar-refractivity contribution in [1.29, 1.82) is 0 Å². The van der Waals surface area contributed by atoms with Gasteiger partial charge < -0.3 is 19.5 Å². The van der Waals surface area contributed by atoms with Gasteiger partial charge in [-0.05, 0) is 56.9 Å². The van der Waals surface area contributed by atoms with Gasteiger partial charge in [-0.2, -0.15) is 0 Å². The highest BCUT2D eigenvalue weighted by atomic mass is 19.1. The molecule has 1 saturated heterocycles. The first-order valence-electron chi connectivity index (χ1n) is 10.7. The first-order chi connectivity index (χ1) is 14.7. The van der Waals surface area contributed by atoms with Crippen LogP contribution in [0.15, 0.2) is 30.5 Å². The summed E-state index contributed by atoms with van der Waals surface area (Å²) < 4.78 is 26.7. The quantitative estimate of drug-likeness (QED) is 0.764. The average Bonchev–Trinajstić information content (AvgIpc) is 2.72. The fourth-order valence-electron chi connectivity index (χ4n) is 4.19. The number of halogens is 1. The number of aliphatic hydroxyl groups is 1. The molecular formula is C24H29FN2O4. The fourth-order valence-corrected chi connectivity index (χ4v) is 4.19. The molecule has 0 unspecified atom stereocenters. The molecule has 0 aliphatic carbocycles. The van der Waals surface area contributed by atoms with E-state index in [1.165, 1.54) is 6.07 Å². The molecule has 2 aromatic rings. The van der Waals surface area contributed by atoms with Crippen molar-refractivity contribution in [3.05, 3.63) is 47.4 Å². The van der Waals surface area contributed by atoms with Gasteiger partial charge >= 0.3 is 6.09 Å². The molecule has 2 aliphatic heterocycles. The highest BCUT2D eigenvalue weighted by Crippen LogP contribution is 2.41. The second-order valence-corrected chi connectivity index (χ2v) is 9.40. The summed E-state index contributed by atoms with van der Waals surface area (Å²) in [6.45, 7) is 6.60. The van der Waals surface area contributed by atoms with Crippen molar-refractivity contribution < 1.29 is 23.8 Å². The van der Waals surface area contributed by atoms with Crippen molar-refractivity contribution in [2.24, 2.45) is 0 Å². The lowest BCUT2D eigenvalue weighted by atomic mass is 9.83. The number of benzene rings is 1. The third kappa shape index (κ3) is 4.66. The van der Waals surface area contributed by atoms with Crippen molar-refractivity contribution in [3.63, 3.8) is 0 Å². The van der Waals surface area contributed by atoms with E-state index in [0.717, 1.165) is 18.4 Å². The molecule has 1 fully saturated rings. The van der Waals surface area contributed by atoms with Crippen LogP contribution < -0.4 is 4.74 Å². The summed E-state index contributed by atoms with van der Waals surface area (Å²) in [5.41, 5.74) is 1.72. The number of aliphatic hydroxyl groups excluding tert-OH is 1. The Bertz CT molecular complexity index is 961. The molecule has 0 radical (unpaired) electrons. The topological polar surface area (TPSA) is 71.9 Å². The minimum absolute atomic E-state index is 0.0960. The lowest BCUT2D eigenvalue weighted by molar-refractivity contribution is -0.0273. The monoisotopic (exact) mass is 428 g/mol. The number of ether oxygens (including phenoxy) is 2. The minimum Gasteiger partial charge on any atom is -0.487 e. The molecule has 31 heavy (non-hydrogen) atoms. The molecule has 4 rings (SSSR count). The molecule has 2 aliphatic rings. The van der Waals surface area contributed by atoms with E-state index in [9.17, 15) is 9.18 Å². The van der Waals surface area contributed by atoms with Gasteiger partial charge in [0.2, 0.25) is 0 Å². The minimum atomic E-state index is -0.519. The van der Waals surface area contributed by atoms with Crippen molar-refractivity contribution in [2.75, 3.05) is 13.1 Å². The zero-order valence-corrected chi connectivity index (χ0v) is 18.3. The van der Waals surface area contributed by atoms with Gasteiger partial charge in [0.05, 0.1) is 12.3 Å². The number of piperidine rings is 1. The van der Waals surface area contributed by atoms with Gasteiger partial charge in [-0.3, -0.25) is 4.98 Å². The van der Waals surface area contributed by atoms with E-state index >= 15 is 0 Å². The lowest BCUT2D eigenvalue weighted by Crippen LogP contribution is -2.52. The number of carbonyl (C=O) groups excluding carboxylic acids is 1. The second kappa shape index (κ2) is 8.11. The molecule has 6 nitrogen and oxygen atoms in total. The third-order valence-electron chi connectivity index (χ3n) is 5.94. The maximum absolute atomic E-state index is 14.9. The second-order valence-electron chi connectivity index (χ2n) is 9.40. The van der Waals surface area contributed by atoms with Crippen molar-refractivity contribution in [3.8, 4) is 17.0 Å². The van der Waals surface area contributed by atoms with E-state index in [1.807, 2.05) is 26.8 Å². The van der Waals surface area contributed by atoms with Gasteiger partial charge in [-0.15, -0.1) is 0 Å². The standard InChI is InChI=1S/C24H29FN2O4/c1-23(2,3)31-22(29)27-10-8-24(9-11-27)7-6-17-12-18(19(25)13-21(17)30-24)20-5-4-16(15-28)14-26-20/h4-5,12-14,28H,6-11,15H2,1-3H3. The zero-order valence-electron chi connectivity index (χ0n) is 18.3. The van der Waals surface area contributed by atoms with Crippen LogP contribution in [0, 0.1) is 5.82 Å². The average molecular weight is 429 g/mol. The predicted molar refractivity (Wildman–Crippen MR) is 114 cm³/mol. The Labute approximate surface area is 182 Å². The van der Waals surface area contributed by atoms with Crippen LogP contribution in [0.1, 0.15) is 51.2 Å². The van der Waals surface area contributed by atoms with Gasteiger partial charge in [0.25, 0.3) is 0 Å². The Kier molecular flexibility index (Phi) is 5.64. The lowest BCUT2D eigenvalue weighted by Gasteiger charge is -2.44. The van der Waals surface area contributed by atoms with Gasteiger partial charge in [0, 0.05) is 43.8 Å². The molecule has 3 heterocycles. The number of amides is 1. The number of likely N-dealkylation sites (tertiary alicyclic amines) is 1. The maximum atomic E-state index is 14.9. The van der Waals surface area contributed by atoms with Crippen LogP contribution >= 0.6 is 0 Å². The summed E-state index contributed by atoms with van der Waals surface area (Å²) in [6.07, 6.45) is 4.25. The number of carbonyl (C=O) groups is 1. The first-order valence-corrected chi connectivity index (χ1v) is 10.7. The smallest absolute Gasteiger partial charge is 0.410 e. The number of rotatable bonds is 2. The van der Waals surface area contributed by atoms with Crippen LogP contribution in [0.2, 0.25) is 0 Å². The first kappa shape index (κ1) is 21.6. The Morgan fingerprint density at radius 2 is 2.00 bits per heavy atom. The number of aromatic nitrogens is 1. The normalized spacial score (nSPS) is 17.8. The summed E-state index contributed by atoms with van der Waals surface area (Å²) in [4.78, 5) is 18.3. The maximum Gasteiger partial charge on any atom is 0.410 e. The van der Waals surface area contributed by atoms with Crippen LogP contribution in [0.3, 0.4) is 0 Å². The molecule has 0 atom stereocenters. The number of pyridine rings is 1. The van der Waals surface area contributed by atoms with E-state index in [2.05, 4.69) is 4.98 Å². The predicted octanol–water partition coefficient (Wildman–Crippen LogP) is 4.47. The van der Waals surface area contributed by atoms with Crippen LogP contribution in [-0.2, 0) is 17.8 Å². The summed E-state index contributed by atoms with van der Waals surface area (Å²) in [5.74, 6) is 0.191. The van der Waals surface area contributed by atoms with Crippen LogP contribution in [0.4, 0.5) is 9.18 Å². The largest absolute Gasteiger partial charge is 0.487 e. The van der Waals surface area contributed by atoms with Crippen molar-refractivity contribution in [2.45, 2.75) is 64.3 Å². The third-order valence-corrected chi connectivity index (χ3v) is 5.94. The van der Waals surface area contributed by atoms with Crippen molar-refractivity contribution >= 4 is 6.09 Å². The van der Waals surface area contributed by atoms with Gasteiger partial charge in [-0.1, -0.05) is 6.07 Å². The van der Waals surface area contributed by atoms with Crippen molar-refractivity contribution in [1.82, 2.24) is 9.88 Å². The van der Waals surface area contributed by atoms with Crippen LogP contribution in [-0.4, -0.2) is 45.4 Å². The number of hydrogen-bond donors (Lipinski definition) is 1. The molecule has 1 aromatic carbocycles. The molecule has 1 N–H and O–H groups in total. The number of hydrogen-bond acceptors (Lipinski definition) is 5. The Hall–Kier alpha value is -2.67. The zero-order chi connectivity index (χ0) is 22.2. The molecule has 1 spiro atoms. The highest BCUT2D eigenvalue weighted by Gasteiger charge is 2.41. The van der Waals surface area contributed by atoms with Crippen LogP contribution in [0.25, 0.3) is 11.3 Å². The molecular weight excluding hydrogens is 399 g/mol. The van der Waals surface area contributed by atoms with E-state index in [0.29, 0.717) is 48.5 Å². The summed E-state index contributed by atoms with van der Waals surface area (Å²) in [7, 11) is 0. The van der Waals surface area contributed by atoms with Gasteiger partial charge in [-0.25, -0.2) is 9.18 Å². The summed E-state index contributed by atoms with van der Waals surface area (Å²) in [6, 6.07) is 6.72. The SMILES string of the molecule is CC(C)(C)OC(=O)N1CCC2(CCc3cc(-c4ccc(CO)cn4)c(F)cc3O2)CC1. The van der Waals surface area contributed by atoms with Gasteiger partial charge in [0.1, 0.15) is 22.8 Å². The molecule has 0 bridgehead atoms. The number of aryl methyl sites for hydroxylation is 1. The van der Waals surface area contributed by atoms with E-state index in [-0.39, 0.29) is 24.1 Å². The number of nitrogens with zero attached hydrogens (tertiary/aromatic N) is 2. The summed E-state index contributed by atoms with van der Waals surface area (Å²) in [5, 5.41) is 9.17. The Morgan fingerprint density at radius 3 is 2.61 bits per heavy atom. The molecule has 1 aromatic heterocycles. The van der Waals surface area contributed by atoms with E-state index < -0.39 is 5.60 Å². The highest BCUT2D eigenvalue weighted by molar-refractivity contribution is 5.68. The molecule has 7 heteroatoms. The summed E-state index contributed by atoms with van der Waals surface area (Å²) >= 11 is 0. The number of fused-ring (bicyclic) bond motifs is 1. The molecule has 166 valence electrons.